The molecule has 0 spiro atoms. The molecule has 3 aromatic rings. The summed E-state index contributed by atoms with van der Waals surface area (Å²) in [5.41, 5.74) is 2.46. The third-order valence-corrected chi connectivity index (χ3v) is 4.37. The number of nitrogens with zero attached hydrogens (tertiary/aromatic N) is 2. The summed E-state index contributed by atoms with van der Waals surface area (Å²) in [5.74, 6) is 3.18. The van der Waals surface area contributed by atoms with Crippen molar-refractivity contribution in [3.05, 3.63) is 71.9 Å². The molecule has 28 heavy (non-hydrogen) atoms. The molecule has 0 radical (unpaired) electrons. The third-order valence-electron chi connectivity index (χ3n) is 4.37. The van der Waals surface area contributed by atoms with Crippen LogP contribution in [-0.2, 0) is 12.8 Å². The molecule has 0 saturated heterocycles. The summed E-state index contributed by atoms with van der Waals surface area (Å²) in [6.45, 7) is 1.55. The number of anilines is 2. The molecule has 0 aliphatic heterocycles. The molecule has 3 rings (SSSR count). The van der Waals surface area contributed by atoms with Gasteiger partial charge >= 0.3 is 0 Å². The summed E-state index contributed by atoms with van der Waals surface area (Å²) < 4.78 is 10.4. The Kier molecular flexibility index (Phi) is 7.07. The Bertz CT molecular complexity index is 868. The Balaban J connectivity index is 1.45. The Labute approximate surface area is 166 Å². The van der Waals surface area contributed by atoms with Crippen molar-refractivity contribution in [2.24, 2.45) is 0 Å². The van der Waals surface area contributed by atoms with Gasteiger partial charge in [-0.15, -0.1) is 0 Å². The quantitative estimate of drug-likeness (QED) is 0.559. The monoisotopic (exact) mass is 378 g/mol. The zero-order chi connectivity index (χ0) is 19.6. The molecule has 6 nitrogen and oxygen atoms in total. The van der Waals surface area contributed by atoms with Gasteiger partial charge in [-0.25, -0.2) is 4.98 Å². The predicted octanol–water partition coefficient (Wildman–Crippen LogP) is 3.80. The molecule has 0 aliphatic carbocycles. The van der Waals surface area contributed by atoms with Crippen molar-refractivity contribution in [2.45, 2.75) is 12.8 Å². The zero-order valence-corrected chi connectivity index (χ0v) is 16.3. The second-order valence-electron chi connectivity index (χ2n) is 6.32. The first-order valence-corrected chi connectivity index (χ1v) is 9.33. The minimum Gasteiger partial charge on any atom is -0.497 e. The fourth-order valence-corrected chi connectivity index (χ4v) is 2.82. The van der Waals surface area contributed by atoms with Crippen LogP contribution in [0.4, 0.5) is 11.8 Å². The van der Waals surface area contributed by atoms with Crippen molar-refractivity contribution in [1.82, 2.24) is 9.97 Å². The maximum absolute atomic E-state index is 5.26. The lowest BCUT2D eigenvalue weighted by atomic mass is 10.1. The summed E-state index contributed by atoms with van der Waals surface area (Å²) in [6.07, 6.45) is 3.54. The van der Waals surface area contributed by atoms with Crippen molar-refractivity contribution in [3.8, 4) is 11.5 Å². The van der Waals surface area contributed by atoms with E-state index in [-0.39, 0.29) is 0 Å². The Morgan fingerprint density at radius 1 is 0.786 bits per heavy atom. The first-order valence-electron chi connectivity index (χ1n) is 9.33. The summed E-state index contributed by atoms with van der Waals surface area (Å²) >= 11 is 0. The van der Waals surface area contributed by atoms with Gasteiger partial charge < -0.3 is 20.1 Å². The number of aromatic nitrogens is 2. The van der Waals surface area contributed by atoms with E-state index in [1.165, 1.54) is 11.1 Å². The van der Waals surface area contributed by atoms with Crippen LogP contribution >= 0.6 is 0 Å². The lowest BCUT2D eigenvalue weighted by Crippen LogP contribution is -2.11. The number of hydrogen-bond donors (Lipinski definition) is 2. The second kappa shape index (κ2) is 10.2. The number of ether oxygens (including phenoxy) is 2. The van der Waals surface area contributed by atoms with E-state index >= 15 is 0 Å². The molecule has 1 heterocycles. The van der Waals surface area contributed by atoms with Gasteiger partial charge in [-0.1, -0.05) is 24.3 Å². The molecule has 146 valence electrons. The van der Waals surface area contributed by atoms with E-state index in [1.54, 1.807) is 20.4 Å². The van der Waals surface area contributed by atoms with Gasteiger partial charge in [0.15, 0.2) is 0 Å². The highest BCUT2D eigenvalue weighted by atomic mass is 16.5. The fraction of sp³-hybridized carbons (Fsp3) is 0.273. The van der Waals surface area contributed by atoms with Crippen molar-refractivity contribution >= 4 is 11.8 Å². The summed E-state index contributed by atoms with van der Waals surface area (Å²) in [4.78, 5) is 8.81. The van der Waals surface area contributed by atoms with Crippen LogP contribution in [0.25, 0.3) is 0 Å². The second-order valence-corrected chi connectivity index (χ2v) is 6.32. The highest BCUT2D eigenvalue weighted by Gasteiger charge is 2.01. The van der Waals surface area contributed by atoms with Gasteiger partial charge in [-0.05, 0) is 54.3 Å². The van der Waals surface area contributed by atoms with E-state index in [0.29, 0.717) is 5.95 Å². The van der Waals surface area contributed by atoms with E-state index < -0.39 is 0 Å². The van der Waals surface area contributed by atoms with Gasteiger partial charge in [0, 0.05) is 19.3 Å². The van der Waals surface area contributed by atoms with Crippen molar-refractivity contribution in [2.75, 3.05) is 37.9 Å². The molecule has 2 N–H and O–H groups in total. The molecular weight excluding hydrogens is 352 g/mol. The standard InChI is InChI=1S/C22H26N4O2/c1-27-19-8-6-17(7-9-19)10-14-24-22-25-15-12-21(26-22)23-13-11-18-4-3-5-20(16-18)28-2/h3-9,12,15-16H,10-11,13-14H2,1-2H3,(H2,23,24,25,26). The molecule has 0 fully saturated rings. The number of methoxy groups -OCH3 is 2. The average Bonchev–Trinajstić information content (AvgIpc) is 2.75. The summed E-state index contributed by atoms with van der Waals surface area (Å²) in [5, 5.41) is 6.62. The smallest absolute Gasteiger partial charge is 0.224 e. The highest BCUT2D eigenvalue weighted by molar-refractivity contribution is 5.40. The molecule has 0 unspecified atom stereocenters. The van der Waals surface area contributed by atoms with Gasteiger partial charge in [0.25, 0.3) is 0 Å². The first kappa shape index (κ1) is 19.5. The van der Waals surface area contributed by atoms with E-state index in [0.717, 1.165) is 43.2 Å². The molecule has 0 amide bonds. The number of benzene rings is 2. The molecule has 0 aliphatic rings. The molecule has 2 aromatic carbocycles. The lowest BCUT2D eigenvalue weighted by Gasteiger charge is -2.09. The van der Waals surface area contributed by atoms with Gasteiger partial charge in [0.05, 0.1) is 14.2 Å². The Morgan fingerprint density at radius 2 is 1.54 bits per heavy atom. The largest absolute Gasteiger partial charge is 0.497 e. The SMILES string of the molecule is COc1ccc(CCNc2nccc(NCCc3cccc(OC)c3)n2)cc1. The van der Waals surface area contributed by atoms with Gasteiger partial charge in [0.2, 0.25) is 5.95 Å². The van der Waals surface area contributed by atoms with Crippen LogP contribution in [0.2, 0.25) is 0 Å². The Hall–Kier alpha value is -3.28. The van der Waals surface area contributed by atoms with Crippen LogP contribution < -0.4 is 20.1 Å². The summed E-state index contributed by atoms with van der Waals surface area (Å²) in [7, 11) is 3.35. The average molecular weight is 378 g/mol. The predicted molar refractivity (Wildman–Crippen MR) is 112 cm³/mol. The van der Waals surface area contributed by atoms with Crippen LogP contribution in [0.3, 0.4) is 0 Å². The fourth-order valence-electron chi connectivity index (χ4n) is 2.82. The number of nitrogens with one attached hydrogen (secondary N) is 2. The van der Waals surface area contributed by atoms with Crippen LogP contribution in [0.5, 0.6) is 11.5 Å². The van der Waals surface area contributed by atoms with Gasteiger partial charge in [-0.2, -0.15) is 4.98 Å². The van der Waals surface area contributed by atoms with E-state index in [1.807, 2.05) is 36.4 Å². The molecule has 0 bridgehead atoms. The Morgan fingerprint density at radius 3 is 2.32 bits per heavy atom. The van der Waals surface area contributed by atoms with Gasteiger partial charge in [0.1, 0.15) is 17.3 Å². The highest BCUT2D eigenvalue weighted by Crippen LogP contribution is 2.14. The molecule has 0 saturated carbocycles. The van der Waals surface area contributed by atoms with Crippen molar-refractivity contribution in [3.63, 3.8) is 0 Å². The third kappa shape index (κ3) is 5.87. The maximum atomic E-state index is 5.26. The topological polar surface area (TPSA) is 68.3 Å². The lowest BCUT2D eigenvalue weighted by molar-refractivity contribution is 0.414. The molecule has 0 atom stereocenters. The minimum absolute atomic E-state index is 0.625. The van der Waals surface area contributed by atoms with Crippen LogP contribution in [0.1, 0.15) is 11.1 Å². The maximum Gasteiger partial charge on any atom is 0.224 e. The first-order chi connectivity index (χ1) is 13.8. The van der Waals surface area contributed by atoms with Crippen LogP contribution in [0, 0.1) is 0 Å². The van der Waals surface area contributed by atoms with Crippen LogP contribution in [0.15, 0.2) is 60.8 Å². The number of hydrogen-bond acceptors (Lipinski definition) is 6. The molecule has 6 heteroatoms. The zero-order valence-electron chi connectivity index (χ0n) is 16.3. The van der Waals surface area contributed by atoms with Crippen LogP contribution in [-0.4, -0.2) is 37.3 Å². The van der Waals surface area contributed by atoms with Crippen molar-refractivity contribution < 1.29 is 9.47 Å². The molecule has 1 aromatic heterocycles. The number of rotatable bonds is 10. The van der Waals surface area contributed by atoms with E-state index in [2.05, 4.69) is 38.8 Å². The summed E-state index contributed by atoms with van der Waals surface area (Å²) in [6, 6.07) is 18.0. The minimum atomic E-state index is 0.625. The normalized spacial score (nSPS) is 10.4. The van der Waals surface area contributed by atoms with Crippen molar-refractivity contribution in [1.29, 1.82) is 0 Å². The van der Waals surface area contributed by atoms with E-state index in [4.69, 9.17) is 9.47 Å². The molecular formula is C22H26N4O2. The van der Waals surface area contributed by atoms with E-state index in [9.17, 15) is 0 Å². The van der Waals surface area contributed by atoms with Gasteiger partial charge in [-0.3, -0.25) is 0 Å².